The average Bonchev–Trinajstić information content (AvgIpc) is 2.85. The molecule has 1 N–H and O–H groups in total. The van der Waals surface area contributed by atoms with Crippen LogP contribution < -0.4 is 10.9 Å². The maximum absolute atomic E-state index is 13.5. The molecule has 0 aliphatic heterocycles. The summed E-state index contributed by atoms with van der Waals surface area (Å²) in [4.78, 5) is 31.2. The normalized spacial score (nSPS) is 11.1. The summed E-state index contributed by atoms with van der Waals surface area (Å²) < 4.78 is 1.63. The number of carbonyl (C=O) groups excluding carboxylic acids is 1. The summed E-state index contributed by atoms with van der Waals surface area (Å²) in [7, 11) is 0. The highest BCUT2D eigenvalue weighted by Gasteiger charge is 2.17. The van der Waals surface area contributed by atoms with Gasteiger partial charge in [-0.25, -0.2) is 4.98 Å². The molecule has 1 amide bonds. The lowest BCUT2D eigenvalue weighted by atomic mass is 10.1. The molecule has 0 bridgehead atoms. The first-order chi connectivity index (χ1) is 16.5. The molecule has 0 fully saturated rings. The summed E-state index contributed by atoms with van der Waals surface area (Å²) in [6.45, 7) is 4.01. The first-order valence-electron chi connectivity index (χ1n) is 11.0. The van der Waals surface area contributed by atoms with Crippen LogP contribution in [-0.2, 0) is 4.79 Å². The van der Waals surface area contributed by atoms with Gasteiger partial charge in [0.15, 0.2) is 5.16 Å². The minimum Gasteiger partial charge on any atom is -0.325 e. The van der Waals surface area contributed by atoms with Gasteiger partial charge in [-0.2, -0.15) is 0 Å². The monoisotopic (exact) mass is 465 g/mol. The number of nitrogens with zero attached hydrogens (tertiary/aromatic N) is 2. The number of aryl methyl sites for hydroxylation is 1. The van der Waals surface area contributed by atoms with E-state index in [0.29, 0.717) is 16.1 Å². The highest BCUT2D eigenvalue weighted by atomic mass is 32.2. The number of anilines is 1. The first-order valence-corrected chi connectivity index (χ1v) is 12.0. The maximum atomic E-state index is 13.5. The van der Waals surface area contributed by atoms with Gasteiger partial charge >= 0.3 is 0 Å². The van der Waals surface area contributed by atoms with E-state index in [9.17, 15) is 9.59 Å². The number of carbonyl (C=O) groups is 1. The van der Waals surface area contributed by atoms with Crippen molar-refractivity contribution >= 4 is 45.0 Å². The van der Waals surface area contributed by atoms with Crippen LogP contribution in [0.25, 0.3) is 27.4 Å². The van der Waals surface area contributed by atoms with Crippen molar-refractivity contribution in [3.63, 3.8) is 0 Å². The van der Waals surface area contributed by atoms with Crippen LogP contribution in [0.2, 0.25) is 0 Å². The van der Waals surface area contributed by atoms with E-state index in [0.717, 1.165) is 33.3 Å². The van der Waals surface area contributed by atoms with Crippen molar-refractivity contribution < 1.29 is 4.79 Å². The molecule has 1 heterocycles. The molecule has 1 aromatic heterocycles. The van der Waals surface area contributed by atoms with Crippen LogP contribution in [0.3, 0.4) is 0 Å². The van der Waals surface area contributed by atoms with Crippen LogP contribution in [0.1, 0.15) is 11.1 Å². The molecule has 0 unspecified atom stereocenters. The number of nitrogens with one attached hydrogen (secondary N) is 1. The number of thioether (sulfide) groups is 1. The third-order valence-electron chi connectivity index (χ3n) is 5.96. The topological polar surface area (TPSA) is 64.0 Å². The van der Waals surface area contributed by atoms with Crippen LogP contribution in [0.4, 0.5) is 5.69 Å². The van der Waals surface area contributed by atoms with Gasteiger partial charge in [0.25, 0.3) is 5.56 Å². The minimum atomic E-state index is -0.156. The molecule has 4 aromatic carbocycles. The summed E-state index contributed by atoms with van der Waals surface area (Å²) in [5.74, 6) is -0.0324. The Hall–Kier alpha value is -3.90. The van der Waals surface area contributed by atoms with Gasteiger partial charge in [0.2, 0.25) is 5.91 Å². The predicted octanol–water partition coefficient (Wildman–Crippen LogP) is 5.89. The lowest BCUT2D eigenvalue weighted by molar-refractivity contribution is -0.113. The molecule has 168 valence electrons. The molecule has 0 aliphatic rings. The summed E-state index contributed by atoms with van der Waals surface area (Å²) in [6.07, 6.45) is 0. The standard InChI is InChI=1S/C28H23N3O2S/c1-18-9-7-16-25(19(18)2)31-27(33)22-13-5-6-14-24(22)30-28(31)34-17-26(32)29-23-15-8-11-20-10-3-4-12-21(20)23/h3-16H,17H2,1-2H3,(H,29,32). The molecule has 0 spiro atoms. The Morgan fingerprint density at radius 2 is 1.59 bits per heavy atom. The zero-order chi connectivity index (χ0) is 23.7. The molecular formula is C28H23N3O2S. The second-order valence-corrected chi connectivity index (χ2v) is 9.08. The Morgan fingerprint density at radius 3 is 2.44 bits per heavy atom. The molecule has 5 nitrogen and oxygen atoms in total. The molecular weight excluding hydrogens is 442 g/mol. The summed E-state index contributed by atoms with van der Waals surface area (Å²) in [5, 5.41) is 6.10. The van der Waals surface area contributed by atoms with Crippen molar-refractivity contribution in [3.8, 4) is 5.69 Å². The van der Waals surface area contributed by atoms with E-state index in [4.69, 9.17) is 4.98 Å². The lowest BCUT2D eigenvalue weighted by Crippen LogP contribution is -2.23. The van der Waals surface area contributed by atoms with Gasteiger partial charge in [-0.05, 0) is 54.6 Å². The van der Waals surface area contributed by atoms with Crippen LogP contribution in [0.15, 0.2) is 94.9 Å². The van der Waals surface area contributed by atoms with Crippen molar-refractivity contribution in [2.75, 3.05) is 11.1 Å². The Bertz CT molecular complexity index is 1600. The molecule has 0 saturated heterocycles. The van der Waals surface area contributed by atoms with Gasteiger partial charge in [-0.15, -0.1) is 0 Å². The molecule has 0 saturated carbocycles. The second kappa shape index (κ2) is 9.15. The predicted molar refractivity (Wildman–Crippen MR) is 140 cm³/mol. The van der Waals surface area contributed by atoms with E-state index < -0.39 is 0 Å². The van der Waals surface area contributed by atoms with Crippen molar-refractivity contribution in [1.29, 1.82) is 0 Å². The number of amides is 1. The third-order valence-corrected chi connectivity index (χ3v) is 6.90. The van der Waals surface area contributed by atoms with Gasteiger partial charge in [-0.3, -0.25) is 14.2 Å². The number of para-hydroxylation sites is 1. The van der Waals surface area contributed by atoms with Crippen molar-refractivity contribution in [1.82, 2.24) is 9.55 Å². The fourth-order valence-electron chi connectivity index (χ4n) is 4.05. The highest BCUT2D eigenvalue weighted by Crippen LogP contribution is 2.26. The maximum Gasteiger partial charge on any atom is 0.266 e. The van der Waals surface area contributed by atoms with Crippen LogP contribution in [-0.4, -0.2) is 21.2 Å². The first kappa shape index (κ1) is 21.9. The molecule has 5 aromatic rings. The second-order valence-electron chi connectivity index (χ2n) is 8.13. The van der Waals surface area contributed by atoms with Crippen molar-refractivity contribution in [3.05, 3.63) is 106 Å². The number of benzene rings is 4. The van der Waals surface area contributed by atoms with E-state index in [1.807, 2.05) is 92.7 Å². The SMILES string of the molecule is Cc1cccc(-n2c(SCC(=O)Nc3cccc4ccccc34)nc3ccccc3c2=O)c1C. The number of hydrogen-bond acceptors (Lipinski definition) is 4. The van der Waals surface area contributed by atoms with Crippen LogP contribution in [0.5, 0.6) is 0 Å². The van der Waals surface area contributed by atoms with Gasteiger partial charge in [0, 0.05) is 11.1 Å². The Kier molecular flexibility index (Phi) is 5.90. The van der Waals surface area contributed by atoms with Gasteiger partial charge in [0.05, 0.1) is 22.3 Å². The third kappa shape index (κ3) is 4.08. The molecule has 34 heavy (non-hydrogen) atoms. The smallest absolute Gasteiger partial charge is 0.266 e. The number of aromatic nitrogens is 2. The molecule has 6 heteroatoms. The Balaban J connectivity index is 1.50. The molecule has 0 radical (unpaired) electrons. The fraction of sp³-hybridized carbons (Fsp3) is 0.107. The van der Waals surface area contributed by atoms with E-state index >= 15 is 0 Å². The summed E-state index contributed by atoms with van der Waals surface area (Å²) >= 11 is 1.26. The Labute approximate surface area is 201 Å². The van der Waals surface area contributed by atoms with Gasteiger partial charge in [-0.1, -0.05) is 72.4 Å². The zero-order valence-corrected chi connectivity index (χ0v) is 19.7. The van der Waals surface area contributed by atoms with Gasteiger partial charge in [0.1, 0.15) is 0 Å². The zero-order valence-electron chi connectivity index (χ0n) is 18.9. The molecule has 0 aliphatic carbocycles. The molecule has 0 atom stereocenters. The minimum absolute atomic E-state index is 0.124. The van der Waals surface area contributed by atoms with Crippen molar-refractivity contribution in [2.45, 2.75) is 19.0 Å². The quantitative estimate of drug-likeness (QED) is 0.260. The summed E-state index contributed by atoms with van der Waals surface area (Å²) in [5.41, 5.74) is 4.11. The largest absolute Gasteiger partial charge is 0.325 e. The number of fused-ring (bicyclic) bond motifs is 2. The van der Waals surface area contributed by atoms with E-state index in [-0.39, 0.29) is 17.2 Å². The van der Waals surface area contributed by atoms with E-state index in [1.165, 1.54) is 11.8 Å². The van der Waals surface area contributed by atoms with Crippen LogP contribution >= 0.6 is 11.8 Å². The highest BCUT2D eigenvalue weighted by molar-refractivity contribution is 7.99. The number of hydrogen-bond donors (Lipinski definition) is 1. The number of rotatable bonds is 5. The van der Waals surface area contributed by atoms with Gasteiger partial charge < -0.3 is 5.32 Å². The Morgan fingerprint density at radius 1 is 0.882 bits per heavy atom. The average molecular weight is 466 g/mol. The van der Waals surface area contributed by atoms with E-state index in [2.05, 4.69) is 5.32 Å². The lowest BCUT2D eigenvalue weighted by Gasteiger charge is -2.16. The fourth-order valence-corrected chi connectivity index (χ4v) is 4.86. The van der Waals surface area contributed by atoms with Crippen molar-refractivity contribution in [2.24, 2.45) is 0 Å². The van der Waals surface area contributed by atoms with Crippen LogP contribution in [0, 0.1) is 13.8 Å². The summed E-state index contributed by atoms with van der Waals surface area (Å²) in [6, 6.07) is 26.9. The van der Waals surface area contributed by atoms with E-state index in [1.54, 1.807) is 10.6 Å². The molecule has 5 rings (SSSR count).